The van der Waals surface area contributed by atoms with Gasteiger partial charge in [0.2, 0.25) is 5.95 Å². The Hall–Kier alpha value is -1.80. The zero-order valence-corrected chi connectivity index (χ0v) is 13.4. The number of hydrogen-bond acceptors (Lipinski definition) is 6. The van der Waals surface area contributed by atoms with Gasteiger partial charge >= 0.3 is 0 Å². The highest BCUT2D eigenvalue weighted by Gasteiger charge is 2.46. The molecule has 0 N–H and O–H groups in total. The molecule has 0 aliphatic carbocycles. The van der Waals surface area contributed by atoms with Crippen molar-refractivity contribution in [3.63, 3.8) is 0 Å². The predicted molar refractivity (Wildman–Crippen MR) is 82.4 cm³/mol. The van der Waals surface area contributed by atoms with Gasteiger partial charge in [0, 0.05) is 25.6 Å². The van der Waals surface area contributed by atoms with Crippen molar-refractivity contribution >= 4 is 11.9 Å². The number of halogens is 1. The van der Waals surface area contributed by atoms with Crippen LogP contribution < -0.4 is 4.90 Å². The van der Waals surface area contributed by atoms with Crippen LogP contribution in [0, 0.1) is 23.6 Å². The molecule has 24 heavy (non-hydrogen) atoms. The van der Waals surface area contributed by atoms with Gasteiger partial charge in [-0.3, -0.25) is 9.63 Å². The highest BCUT2D eigenvalue weighted by molar-refractivity contribution is 5.78. The Balaban J connectivity index is 1.48. The number of hydrogen-bond donors (Lipinski definition) is 0. The monoisotopic (exact) mass is 336 g/mol. The Morgan fingerprint density at radius 2 is 2.04 bits per heavy atom. The highest BCUT2D eigenvalue weighted by Crippen LogP contribution is 2.36. The normalized spacial score (nSPS) is 30.3. The first-order chi connectivity index (χ1) is 11.7. The van der Waals surface area contributed by atoms with Gasteiger partial charge in [0.25, 0.3) is 5.91 Å². The van der Waals surface area contributed by atoms with Crippen molar-refractivity contribution in [2.24, 2.45) is 17.8 Å². The van der Waals surface area contributed by atoms with Crippen LogP contribution in [0.3, 0.4) is 0 Å². The van der Waals surface area contributed by atoms with E-state index in [0.717, 1.165) is 19.4 Å². The summed E-state index contributed by atoms with van der Waals surface area (Å²) in [6.45, 7) is 3.72. The zero-order valence-electron chi connectivity index (χ0n) is 13.4. The Kier molecular flexibility index (Phi) is 4.32. The van der Waals surface area contributed by atoms with Crippen LogP contribution in [0.4, 0.5) is 10.3 Å². The largest absolute Gasteiger partial charge is 0.380 e. The van der Waals surface area contributed by atoms with E-state index in [1.807, 2.05) is 4.90 Å². The second-order valence-corrected chi connectivity index (χ2v) is 6.65. The van der Waals surface area contributed by atoms with E-state index in [0.29, 0.717) is 38.9 Å². The Labute approximate surface area is 139 Å². The molecule has 0 radical (unpaired) electrons. The van der Waals surface area contributed by atoms with Crippen LogP contribution in [-0.2, 0) is 14.4 Å². The molecule has 4 heterocycles. The third kappa shape index (κ3) is 2.95. The molecule has 8 heteroatoms. The number of carbonyl (C=O) groups excluding carboxylic acids is 1. The molecule has 0 bridgehead atoms. The zero-order chi connectivity index (χ0) is 16.5. The van der Waals surface area contributed by atoms with E-state index in [2.05, 4.69) is 9.97 Å². The Bertz CT molecular complexity index is 593. The fourth-order valence-corrected chi connectivity index (χ4v) is 3.84. The minimum Gasteiger partial charge on any atom is -0.380 e. The number of ether oxygens (including phenoxy) is 1. The highest BCUT2D eigenvalue weighted by atomic mass is 19.1. The molecule has 3 atom stereocenters. The minimum atomic E-state index is -0.450. The van der Waals surface area contributed by atoms with E-state index >= 15 is 0 Å². The standard InChI is InChI=1S/C16H21FN4O3/c17-12-5-18-16(19-6-12)20-7-11-9-23-10-14(13(11)8-20)15(22)21-3-1-2-4-24-21/h5-6,11,13-14H,1-4,7-10H2/t11-,13-,14+/m0/s1. The van der Waals surface area contributed by atoms with E-state index in [9.17, 15) is 9.18 Å². The maximum atomic E-state index is 13.0. The summed E-state index contributed by atoms with van der Waals surface area (Å²) in [4.78, 5) is 28.4. The molecule has 3 aliphatic heterocycles. The summed E-state index contributed by atoms with van der Waals surface area (Å²) in [6.07, 6.45) is 4.31. The second kappa shape index (κ2) is 6.60. The molecule has 0 spiro atoms. The van der Waals surface area contributed by atoms with Crippen molar-refractivity contribution in [2.45, 2.75) is 12.8 Å². The molecule has 1 aromatic heterocycles. The number of nitrogens with zero attached hydrogens (tertiary/aromatic N) is 4. The lowest BCUT2D eigenvalue weighted by Crippen LogP contribution is -2.47. The Morgan fingerprint density at radius 3 is 2.79 bits per heavy atom. The molecular weight excluding hydrogens is 315 g/mol. The van der Waals surface area contributed by atoms with Crippen molar-refractivity contribution in [1.82, 2.24) is 15.0 Å². The number of fused-ring (bicyclic) bond motifs is 1. The molecule has 0 unspecified atom stereocenters. The summed E-state index contributed by atoms with van der Waals surface area (Å²) in [5.74, 6) is 0.315. The smallest absolute Gasteiger partial charge is 0.251 e. The van der Waals surface area contributed by atoms with Gasteiger partial charge in [0.15, 0.2) is 5.82 Å². The van der Waals surface area contributed by atoms with Crippen molar-refractivity contribution in [3.8, 4) is 0 Å². The van der Waals surface area contributed by atoms with Crippen LogP contribution in [0.15, 0.2) is 12.4 Å². The topological polar surface area (TPSA) is 67.8 Å². The lowest BCUT2D eigenvalue weighted by Gasteiger charge is -2.36. The number of aromatic nitrogens is 2. The number of rotatable bonds is 2. The fourth-order valence-electron chi connectivity index (χ4n) is 3.84. The molecule has 3 aliphatic rings. The van der Waals surface area contributed by atoms with Gasteiger partial charge in [-0.25, -0.2) is 19.4 Å². The van der Waals surface area contributed by atoms with E-state index in [1.165, 1.54) is 17.5 Å². The van der Waals surface area contributed by atoms with Crippen LogP contribution in [0.25, 0.3) is 0 Å². The maximum Gasteiger partial charge on any atom is 0.251 e. The van der Waals surface area contributed by atoms with Gasteiger partial charge in [-0.15, -0.1) is 0 Å². The molecule has 4 rings (SSSR count). The van der Waals surface area contributed by atoms with Gasteiger partial charge in [0.1, 0.15) is 0 Å². The van der Waals surface area contributed by atoms with Crippen molar-refractivity contribution in [2.75, 3.05) is 44.4 Å². The number of amides is 1. The number of hydroxylamine groups is 2. The van der Waals surface area contributed by atoms with Crippen LogP contribution in [-0.4, -0.2) is 60.4 Å². The number of carbonyl (C=O) groups is 1. The first kappa shape index (κ1) is 15.7. The average molecular weight is 336 g/mol. The van der Waals surface area contributed by atoms with E-state index in [1.54, 1.807) is 0 Å². The summed E-state index contributed by atoms with van der Waals surface area (Å²) in [7, 11) is 0. The summed E-state index contributed by atoms with van der Waals surface area (Å²) in [5, 5.41) is 1.51. The van der Waals surface area contributed by atoms with Crippen LogP contribution >= 0.6 is 0 Å². The van der Waals surface area contributed by atoms with Gasteiger partial charge in [0.05, 0.1) is 38.1 Å². The van der Waals surface area contributed by atoms with E-state index in [-0.39, 0.29) is 23.7 Å². The van der Waals surface area contributed by atoms with Crippen LogP contribution in [0.5, 0.6) is 0 Å². The van der Waals surface area contributed by atoms with Gasteiger partial charge in [-0.1, -0.05) is 0 Å². The quantitative estimate of drug-likeness (QED) is 0.798. The first-order valence-corrected chi connectivity index (χ1v) is 8.47. The lowest BCUT2D eigenvalue weighted by molar-refractivity contribution is -0.207. The Morgan fingerprint density at radius 1 is 1.21 bits per heavy atom. The van der Waals surface area contributed by atoms with Crippen molar-refractivity contribution in [1.29, 1.82) is 0 Å². The third-order valence-electron chi connectivity index (χ3n) is 5.09. The molecular formula is C16H21FN4O3. The molecule has 3 fully saturated rings. The minimum absolute atomic E-state index is 0.0197. The number of anilines is 1. The molecule has 1 aromatic rings. The van der Waals surface area contributed by atoms with Crippen LogP contribution in [0.1, 0.15) is 12.8 Å². The summed E-state index contributed by atoms with van der Waals surface area (Å²) in [5.41, 5.74) is 0. The molecule has 0 saturated carbocycles. The molecule has 3 saturated heterocycles. The molecule has 0 aromatic carbocycles. The van der Waals surface area contributed by atoms with Crippen LogP contribution in [0.2, 0.25) is 0 Å². The first-order valence-electron chi connectivity index (χ1n) is 8.47. The summed E-state index contributed by atoms with van der Waals surface area (Å²) < 4.78 is 18.7. The molecule has 1 amide bonds. The van der Waals surface area contributed by atoms with E-state index in [4.69, 9.17) is 9.57 Å². The van der Waals surface area contributed by atoms with E-state index < -0.39 is 5.82 Å². The SMILES string of the molecule is O=C([C@@H]1COC[C@@H]2CN(c3ncc(F)cn3)C[C@@H]21)N1CCCCO1. The average Bonchev–Trinajstić information content (AvgIpc) is 3.06. The molecule has 130 valence electrons. The predicted octanol–water partition coefficient (Wildman–Crippen LogP) is 0.868. The van der Waals surface area contributed by atoms with Crippen molar-refractivity contribution in [3.05, 3.63) is 18.2 Å². The summed E-state index contributed by atoms with van der Waals surface area (Å²) in [6, 6.07) is 0. The summed E-state index contributed by atoms with van der Waals surface area (Å²) >= 11 is 0. The second-order valence-electron chi connectivity index (χ2n) is 6.65. The van der Waals surface area contributed by atoms with Gasteiger partial charge in [-0.2, -0.15) is 0 Å². The fraction of sp³-hybridized carbons (Fsp3) is 0.688. The molecule has 7 nitrogen and oxygen atoms in total. The third-order valence-corrected chi connectivity index (χ3v) is 5.09. The van der Waals surface area contributed by atoms with Crippen molar-refractivity contribution < 1.29 is 18.8 Å². The lowest BCUT2D eigenvalue weighted by atomic mass is 9.82. The van der Waals surface area contributed by atoms with Gasteiger partial charge in [-0.05, 0) is 18.8 Å². The van der Waals surface area contributed by atoms with Gasteiger partial charge < -0.3 is 9.64 Å². The maximum absolute atomic E-state index is 13.0.